The Morgan fingerprint density at radius 2 is 1.84 bits per heavy atom. The van der Waals surface area contributed by atoms with Crippen molar-refractivity contribution >= 4 is 11.6 Å². The van der Waals surface area contributed by atoms with Crippen LogP contribution in [0.4, 0.5) is 0 Å². The van der Waals surface area contributed by atoms with E-state index in [-0.39, 0.29) is 5.78 Å². The lowest BCUT2D eigenvalue weighted by Gasteiger charge is -2.40. The van der Waals surface area contributed by atoms with Gasteiger partial charge in [-0.3, -0.25) is 14.7 Å². The van der Waals surface area contributed by atoms with Crippen molar-refractivity contribution in [1.82, 2.24) is 10.2 Å². The second-order valence-corrected chi connectivity index (χ2v) is 7.91. The van der Waals surface area contributed by atoms with E-state index in [0.717, 1.165) is 12.4 Å². The summed E-state index contributed by atoms with van der Waals surface area (Å²) in [5, 5.41) is 3.67. The lowest BCUT2D eigenvalue weighted by molar-refractivity contribution is -0.115. The van der Waals surface area contributed by atoms with Crippen molar-refractivity contribution < 1.29 is 4.79 Å². The molecular weight excluding hydrogens is 310 g/mol. The molecule has 136 valence electrons. The molecule has 3 rings (SSSR count). The van der Waals surface area contributed by atoms with Gasteiger partial charge in [0.1, 0.15) is 0 Å². The van der Waals surface area contributed by atoms with Gasteiger partial charge in [0, 0.05) is 30.6 Å². The zero-order valence-corrected chi connectivity index (χ0v) is 15.7. The molecule has 4 nitrogen and oxygen atoms in total. The molecule has 1 aromatic rings. The van der Waals surface area contributed by atoms with Crippen molar-refractivity contribution in [2.75, 3.05) is 6.54 Å². The van der Waals surface area contributed by atoms with E-state index in [2.05, 4.69) is 59.4 Å². The van der Waals surface area contributed by atoms with Crippen LogP contribution in [0.1, 0.15) is 52.0 Å². The lowest BCUT2D eigenvalue weighted by atomic mass is 9.96. The van der Waals surface area contributed by atoms with Crippen LogP contribution in [0.3, 0.4) is 0 Å². The van der Waals surface area contributed by atoms with Gasteiger partial charge in [-0.15, -0.1) is 0 Å². The third kappa shape index (κ3) is 4.69. The number of amidine groups is 1. The average molecular weight is 341 g/mol. The maximum atomic E-state index is 11.3. The van der Waals surface area contributed by atoms with E-state index in [1.807, 2.05) is 0 Å². The highest BCUT2D eigenvalue weighted by molar-refractivity contribution is 5.87. The van der Waals surface area contributed by atoms with Gasteiger partial charge in [-0.05, 0) is 38.2 Å². The Balaban J connectivity index is 1.61. The monoisotopic (exact) mass is 341 g/mol. The highest BCUT2D eigenvalue weighted by Gasteiger charge is 2.40. The molecule has 2 aliphatic rings. The first-order valence-corrected chi connectivity index (χ1v) is 9.63. The second-order valence-electron chi connectivity index (χ2n) is 7.91. The first-order chi connectivity index (χ1) is 12.0. The van der Waals surface area contributed by atoms with Gasteiger partial charge in [0.05, 0.1) is 12.4 Å². The highest BCUT2D eigenvalue weighted by atomic mass is 16.1. The number of benzene rings is 1. The molecule has 2 unspecified atom stereocenters. The minimum absolute atomic E-state index is 0.123. The Labute approximate surface area is 151 Å². The van der Waals surface area contributed by atoms with Gasteiger partial charge >= 0.3 is 0 Å². The number of piperidine rings is 1. The van der Waals surface area contributed by atoms with Crippen molar-refractivity contribution in [3.63, 3.8) is 0 Å². The Morgan fingerprint density at radius 1 is 1.20 bits per heavy atom. The predicted molar refractivity (Wildman–Crippen MR) is 103 cm³/mol. The molecule has 0 saturated carbocycles. The third-order valence-corrected chi connectivity index (χ3v) is 5.46. The maximum Gasteiger partial charge on any atom is 0.151 e. The SMILES string of the molecule is CC(=O)CN=C(NC1CC2CCC(C1)N2Cc1ccccc1)C(C)C. The molecule has 1 N–H and O–H groups in total. The van der Waals surface area contributed by atoms with Crippen molar-refractivity contribution in [2.24, 2.45) is 10.9 Å². The molecular formula is C21H31N3O. The first kappa shape index (κ1) is 18.1. The largest absolute Gasteiger partial charge is 0.371 e. The fourth-order valence-electron chi connectivity index (χ4n) is 4.24. The Hall–Kier alpha value is -1.68. The number of Topliss-reactive ketones (excluding diaryl/α,β-unsaturated/α-hetero) is 1. The highest BCUT2D eigenvalue weighted by Crippen LogP contribution is 2.36. The zero-order chi connectivity index (χ0) is 17.8. The summed E-state index contributed by atoms with van der Waals surface area (Å²) in [7, 11) is 0. The molecule has 2 aliphatic heterocycles. The second kappa shape index (κ2) is 8.13. The average Bonchev–Trinajstić information content (AvgIpc) is 2.81. The zero-order valence-electron chi connectivity index (χ0n) is 15.7. The minimum Gasteiger partial charge on any atom is -0.371 e. The molecule has 2 bridgehead atoms. The van der Waals surface area contributed by atoms with E-state index in [0.29, 0.717) is 30.6 Å². The van der Waals surface area contributed by atoms with E-state index < -0.39 is 0 Å². The summed E-state index contributed by atoms with van der Waals surface area (Å²) in [6, 6.07) is 12.6. The number of carbonyl (C=O) groups excluding carboxylic acids is 1. The molecule has 4 heteroatoms. The van der Waals surface area contributed by atoms with Gasteiger partial charge in [0.15, 0.2) is 5.78 Å². The fraction of sp³-hybridized carbons (Fsp3) is 0.619. The topological polar surface area (TPSA) is 44.7 Å². The van der Waals surface area contributed by atoms with Crippen molar-refractivity contribution in [3.05, 3.63) is 35.9 Å². The van der Waals surface area contributed by atoms with E-state index in [1.54, 1.807) is 6.92 Å². The summed E-state index contributed by atoms with van der Waals surface area (Å²) in [6.45, 7) is 7.25. The van der Waals surface area contributed by atoms with E-state index >= 15 is 0 Å². The van der Waals surface area contributed by atoms with Crippen LogP contribution in [0.2, 0.25) is 0 Å². The van der Waals surface area contributed by atoms with Crippen LogP contribution < -0.4 is 5.32 Å². The molecule has 0 radical (unpaired) electrons. The number of hydrogen-bond acceptors (Lipinski definition) is 3. The molecule has 1 aromatic carbocycles. The van der Waals surface area contributed by atoms with Crippen molar-refractivity contribution in [2.45, 2.75) is 71.1 Å². The normalized spacial score (nSPS) is 26.9. The molecule has 2 atom stereocenters. The number of hydrogen-bond donors (Lipinski definition) is 1. The molecule has 2 fully saturated rings. The van der Waals surface area contributed by atoms with Gasteiger partial charge in [0.2, 0.25) is 0 Å². The van der Waals surface area contributed by atoms with Crippen molar-refractivity contribution in [1.29, 1.82) is 0 Å². The van der Waals surface area contributed by atoms with Crippen LogP contribution in [0.25, 0.3) is 0 Å². The number of nitrogens with zero attached hydrogens (tertiary/aromatic N) is 2. The molecule has 0 spiro atoms. The van der Waals surface area contributed by atoms with Crippen LogP contribution >= 0.6 is 0 Å². The van der Waals surface area contributed by atoms with E-state index in [9.17, 15) is 4.79 Å². The number of aliphatic imine (C=N–C) groups is 1. The standard InChI is InChI=1S/C21H31N3O/c1-15(2)21(22-13-16(3)25)23-18-11-19-9-10-20(12-18)24(19)14-17-7-5-4-6-8-17/h4-8,15,18-20H,9-14H2,1-3H3,(H,22,23). The molecule has 0 aromatic heterocycles. The Morgan fingerprint density at radius 3 is 2.40 bits per heavy atom. The fourth-order valence-corrected chi connectivity index (χ4v) is 4.24. The van der Waals surface area contributed by atoms with Gasteiger partial charge in [-0.2, -0.15) is 0 Å². The van der Waals surface area contributed by atoms with Crippen molar-refractivity contribution in [3.8, 4) is 0 Å². The number of rotatable bonds is 6. The number of fused-ring (bicyclic) bond motifs is 2. The van der Waals surface area contributed by atoms with Gasteiger partial charge in [-0.25, -0.2) is 0 Å². The predicted octanol–water partition coefficient (Wildman–Crippen LogP) is 3.42. The molecule has 0 aliphatic carbocycles. The van der Waals surface area contributed by atoms with Gasteiger partial charge < -0.3 is 5.32 Å². The van der Waals surface area contributed by atoms with Crippen LogP contribution in [-0.2, 0) is 11.3 Å². The van der Waals surface area contributed by atoms with Gasteiger partial charge in [-0.1, -0.05) is 44.2 Å². The molecule has 25 heavy (non-hydrogen) atoms. The number of ketones is 1. The summed E-state index contributed by atoms with van der Waals surface area (Å²) in [4.78, 5) is 18.5. The summed E-state index contributed by atoms with van der Waals surface area (Å²) >= 11 is 0. The van der Waals surface area contributed by atoms with Crippen LogP contribution in [-0.4, -0.2) is 41.2 Å². The lowest BCUT2D eigenvalue weighted by Crippen LogP contribution is -2.50. The summed E-state index contributed by atoms with van der Waals surface area (Å²) < 4.78 is 0. The number of carbonyl (C=O) groups is 1. The molecule has 2 saturated heterocycles. The quantitative estimate of drug-likeness (QED) is 0.637. The Bertz CT molecular complexity index is 597. The van der Waals surface area contributed by atoms with E-state index in [4.69, 9.17) is 0 Å². The Kier molecular flexibility index (Phi) is 5.89. The summed E-state index contributed by atoms with van der Waals surface area (Å²) in [5.74, 6) is 1.45. The maximum absolute atomic E-state index is 11.3. The van der Waals surface area contributed by atoms with Gasteiger partial charge in [0.25, 0.3) is 0 Å². The smallest absolute Gasteiger partial charge is 0.151 e. The van der Waals surface area contributed by atoms with Crippen LogP contribution in [0.5, 0.6) is 0 Å². The first-order valence-electron chi connectivity index (χ1n) is 9.63. The summed E-state index contributed by atoms with van der Waals surface area (Å²) in [5.41, 5.74) is 1.41. The van der Waals surface area contributed by atoms with Crippen LogP contribution in [0, 0.1) is 5.92 Å². The third-order valence-electron chi connectivity index (χ3n) is 5.46. The molecule has 0 amide bonds. The summed E-state index contributed by atoms with van der Waals surface area (Å²) in [6.07, 6.45) is 4.96. The van der Waals surface area contributed by atoms with E-state index in [1.165, 1.54) is 31.2 Å². The molecule has 2 heterocycles. The minimum atomic E-state index is 0.123. The van der Waals surface area contributed by atoms with Crippen LogP contribution in [0.15, 0.2) is 35.3 Å². The number of nitrogens with one attached hydrogen (secondary N) is 1.